The van der Waals surface area contributed by atoms with E-state index in [-0.39, 0.29) is 0 Å². The number of benzene rings is 1. The van der Waals surface area contributed by atoms with Crippen molar-refractivity contribution < 1.29 is 5.11 Å². The van der Waals surface area contributed by atoms with E-state index in [4.69, 9.17) is 0 Å². The minimum Gasteiger partial charge on any atom is -0.384 e. The van der Waals surface area contributed by atoms with Crippen LogP contribution in [0, 0.1) is 6.92 Å². The van der Waals surface area contributed by atoms with Gasteiger partial charge < -0.3 is 5.11 Å². The van der Waals surface area contributed by atoms with E-state index in [2.05, 4.69) is 31.2 Å². The molecule has 1 aliphatic carbocycles. The van der Waals surface area contributed by atoms with E-state index in [0.29, 0.717) is 0 Å². The van der Waals surface area contributed by atoms with Crippen molar-refractivity contribution in [2.75, 3.05) is 0 Å². The lowest BCUT2D eigenvalue weighted by Crippen LogP contribution is -1.99. The topological polar surface area (TPSA) is 20.2 Å². The van der Waals surface area contributed by atoms with Crippen LogP contribution in [-0.4, -0.2) is 5.11 Å². The second-order valence-corrected chi connectivity index (χ2v) is 5.89. The molecule has 0 saturated carbocycles. The summed E-state index contributed by atoms with van der Waals surface area (Å²) in [6, 6.07) is 8.50. The number of thiophene rings is 1. The Kier molecular flexibility index (Phi) is 2.77. The predicted octanol–water partition coefficient (Wildman–Crippen LogP) is 3.63. The van der Waals surface area contributed by atoms with E-state index in [1.165, 1.54) is 35.3 Å². The summed E-state index contributed by atoms with van der Waals surface area (Å²) >= 11 is 1.69. The molecule has 0 saturated heterocycles. The molecular formula is C15H16OS. The fourth-order valence-electron chi connectivity index (χ4n) is 2.56. The number of aliphatic hydroxyl groups is 1. The zero-order valence-corrected chi connectivity index (χ0v) is 10.8. The molecule has 1 atom stereocenters. The Balaban J connectivity index is 1.94. The summed E-state index contributed by atoms with van der Waals surface area (Å²) in [5, 5.41) is 12.4. The molecule has 2 heteroatoms. The normalized spacial score (nSPS) is 15.9. The average molecular weight is 244 g/mol. The molecule has 1 aromatic carbocycles. The van der Waals surface area contributed by atoms with Gasteiger partial charge >= 0.3 is 0 Å². The van der Waals surface area contributed by atoms with Crippen molar-refractivity contribution in [2.45, 2.75) is 32.3 Å². The van der Waals surface area contributed by atoms with Gasteiger partial charge in [-0.1, -0.05) is 18.2 Å². The minimum absolute atomic E-state index is 0.467. The maximum Gasteiger partial charge on any atom is 0.105 e. The van der Waals surface area contributed by atoms with Crippen LogP contribution in [0.2, 0.25) is 0 Å². The molecule has 0 radical (unpaired) electrons. The number of hydrogen-bond acceptors (Lipinski definition) is 2. The number of aryl methyl sites for hydroxylation is 3. The van der Waals surface area contributed by atoms with Crippen molar-refractivity contribution >= 4 is 11.3 Å². The van der Waals surface area contributed by atoms with Gasteiger partial charge in [0.15, 0.2) is 0 Å². The van der Waals surface area contributed by atoms with Gasteiger partial charge in [-0.2, -0.15) is 0 Å². The van der Waals surface area contributed by atoms with Gasteiger partial charge in [-0.05, 0) is 59.9 Å². The first kappa shape index (κ1) is 11.0. The second kappa shape index (κ2) is 4.28. The predicted molar refractivity (Wildman–Crippen MR) is 71.6 cm³/mol. The van der Waals surface area contributed by atoms with Gasteiger partial charge in [0.1, 0.15) is 6.10 Å². The molecule has 0 fully saturated rings. The van der Waals surface area contributed by atoms with Crippen molar-refractivity contribution in [3.05, 3.63) is 56.8 Å². The summed E-state index contributed by atoms with van der Waals surface area (Å²) in [7, 11) is 0. The van der Waals surface area contributed by atoms with Gasteiger partial charge in [0, 0.05) is 4.88 Å². The third-order valence-electron chi connectivity index (χ3n) is 3.50. The second-order valence-electron chi connectivity index (χ2n) is 4.77. The largest absolute Gasteiger partial charge is 0.384 e. The number of fused-ring (bicyclic) bond motifs is 1. The Morgan fingerprint density at radius 3 is 2.71 bits per heavy atom. The van der Waals surface area contributed by atoms with E-state index < -0.39 is 6.10 Å². The van der Waals surface area contributed by atoms with Crippen molar-refractivity contribution in [1.29, 1.82) is 0 Å². The van der Waals surface area contributed by atoms with Gasteiger partial charge in [0.05, 0.1) is 0 Å². The standard InChI is InChI=1S/C15H16OS/c1-10-7-14(9-17-10)15(16)13-6-5-11-3-2-4-12(11)8-13/h5-9,15-16H,2-4H2,1H3. The van der Waals surface area contributed by atoms with Crippen molar-refractivity contribution in [1.82, 2.24) is 0 Å². The molecule has 88 valence electrons. The minimum atomic E-state index is -0.467. The van der Waals surface area contributed by atoms with Crippen LogP contribution in [0.3, 0.4) is 0 Å². The van der Waals surface area contributed by atoms with Crippen molar-refractivity contribution in [3.63, 3.8) is 0 Å². The highest BCUT2D eigenvalue weighted by Crippen LogP contribution is 2.30. The first-order valence-electron chi connectivity index (χ1n) is 6.09. The Hall–Kier alpha value is -1.12. The fraction of sp³-hybridized carbons (Fsp3) is 0.333. The van der Waals surface area contributed by atoms with Gasteiger partial charge in [-0.3, -0.25) is 0 Å². The third-order valence-corrected chi connectivity index (χ3v) is 4.38. The van der Waals surface area contributed by atoms with Crippen LogP contribution in [0.15, 0.2) is 29.6 Å². The summed E-state index contributed by atoms with van der Waals surface area (Å²) in [5.74, 6) is 0. The molecule has 17 heavy (non-hydrogen) atoms. The lowest BCUT2D eigenvalue weighted by molar-refractivity contribution is 0.220. The van der Waals surface area contributed by atoms with Crippen LogP contribution in [0.25, 0.3) is 0 Å². The monoisotopic (exact) mass is 244 g/mol. The van der Waals surface area contributed by atoms with E-state index in [9.17, 15) is 5.11 Å². The molecule has 1 N–H and O–H groups in total. The summed E-state index contributed by atoms with van der Waals surface area (Å²) in [4.78, 5) is 1.25. The zero-order chi connectivity index (χ0) is 11.8. The van der Waals surface area contributed by atoms with Crippen LogP contribution < -0.4 is 0 Å². The molecule has 1 aliphatic rings. The molecule has 1 nitrogen and oxygen atoms in total. The Morgan fingerprint density at radius 1 is 1.12 bits per heavy atom. The van der Waals surface area contributed by atoms with Gasteiger partial charge in [-0.25, -0.2) is 0 Å². The summed E-state index contributed by atoms with van der Waals surface area (Å²) in [6.45, 7) is 2.07. The smallest absolute Gasteiger partial charge is 0.105 e. The summed E-state index contributed by atoms with van der Waals surface area (Å²) in [5.41, 5.74) is 4.94. The first-order valence-corrected chi connectivity index (χ1v) is 6.97. The Morgan fingerprint density at radius 2 is 1.94 bits per heavy atom. The molecule has 0 spiro atoms. The molecule has 0 aliphatic heterocycles. The molecular weight excluding hydrogens is 228 g/mol. The number of aliphatic hydroxyl groups excluding tert-OH is 1. The molecule has 1 aromatic heterocycles. The molecule has 2 aromatic rings. The van der Waals surface area contributed by atoms with Crippen LogP contribution in [0.4, 0.5) is 0 Å². The molecule has 1 heterocycles. The van der Waals surface area contributed by atoms with Crippen LogP contribution in [0.1, 0.15) is 39.7 Å². The van der Waals surface area contributed by atoms with Crippen LogP contribution in [0.5, 0.6) is 0 Å². The lowest BCUT2D eigenvalue weighted by Gasteiger charge is -2.11. The number of rotatable bonds is 2. The van der Waals surface area contributed by atoms with E-state index in [1.807, 2.05) is 5.38 Å². The maximum absolute atomic E-state index is 10.3. The summed E-state index contributed by atoms with van der Waals surface area (Å²) in [6.07, 6.45) is 3.15. The van der Waals surface area contributed by atoms with E-state index in [1.54, 1.807) is 11.3 Å². The van der Waals surface area contributed by atoms with Gasteiger partial charge in [0.25, 0.3) is 0 Å². The molecule has 0 amide bonds. The average Bonchev–Trinajstić information content (AvgIpc) is 2.95. The molecule has 0 bridgehead atoms. The quantitative estimate of drug-likeness (QED) is 0.855. The third kappa shape index (κ3) is 2.03. The van der Waals surface area contributed by atoms with E-state index in [0.717, 1.165) is 11.1 Å². The molecule has 1 unspecified atom stereocenters. The van der Waals surface area contributed by atoms with Gasteiger partial charge in [0.2, 0.25) is 0 Å². The highest BCUT2D eigenvalue weighted by molar-refractivity contribution is 7.10. The SMILES string of the molecule is Cc1cc(C(O)c2ccc3c(c2)CCC3)cs1. The number of hydrogen-bond donors (Lipinski definition) is 1. The van der Waals surface area contributed by atoms with Crippen LogP contribution in [-0.2, 0) is 12.8 Å². The van der Waals surface area contributed by atoms with E-state index >= 15 is 0 Å². The molecule has 3 rings (SSSR count). The fourth-order valence-corrected chi connectivity index (χ4v) is 3.28. The first-order chi connectivity index (χ1) is 8.24. The van der Waals surface area contributed by atoms with Crippen molar-refractivity contribution in [3.8, 4) is 0 Å². The van der Waals surface area contributed by atoms with Crippen LogP contribution >= 0.6 is 11.3 Å². The highest BCUT2D eigenvalue weighted by Gasteiger charge is 2.16. The Labute approximate surface area is 106 Å². The summed E-state index contributed by atoms with van der Waals surface area (Å²) < 4.78 is 0. The van der Waals surface area contributed by atoms with Crippen molar-refractivity contribution in [2.24, 2.45) is 0 Å². The maximum atomic E-state index is 10.3. The Bertz CT molecular complexity index is 542. The lowest BCUT2D eigenvalue weighted by atomic mass is 9.99. The zero-order valence-electron chi connectivity index (χ0n) is 9.94. The van der Waals surface area contributed by atoms with Gasteiger partial charge in [-0.15, -0.1) is 11.3 Å². The highest BCUT2D eigenvalue weighted by atomic mass is 32.1.